The Morgan fingerprint density at radius 2 is 1.74 bits per heavy atom. The van der Waals surface area contributed by atoms with Crippen molar-refractivity contribution >= 4 is 24.2 Å². The second-order valence-electron chi connectivity index (χ2n) is 7.11. The summed E-state index contributed by atoms with van der Waals surface area (Å²) >= 11 is 0. The zero-order valence-corrected chi connectivity index (χ0v) is 16.6. The lowest BCUT2D eigenvalue weighted by Crippen LogP contribution is -2.17. The van der Waals surface area contributed by atoms with Gasteiger partial charge in [-0.2, -0.15) is 0 Å². The van der Waals surface area contributed by atoms with Gasteiger partial charge in [-0.05, 0) is 67.1 Å². The zero-order chi connectivity index (χ0) is 18.4. The maximum absolute atomic E-state index is 10.7. The van der Waals surface area contributed by atoms with Crippen molar-refractivity contribution in [1.82, 2.24) is 4.90 Å². The molecule has 4 nitrogen and oxygen atoms in total. The van der Waals surface area contributed by atoms with Crippen LogP contribution in [0.4, 0.5) is 5.69 Å². The molecule has 0 atom stereocenters. The molecule has 3 rings (SSSR count). The quantitative estimate of drug-likeness (QED) is 0.377. The number of nitrogens with zero attached hydrogens (tertiary/aromatic N) is 2. The molecular formula is C22H27ClN2O2. The predicted molar refractivity (Wildman–Crippen MR) is 113 cm³/mol. The Morgan fingerprint density at radius 3 is 2.44 bits per heavy atom. The molecule has 0 spiro atoms. The van der Waals surface area contributed by atoms with Gasteiger partial charge in [-0.1, -0.05) is 36.8 Å². The van der Waals surface area contributed by atoms with Crippen molar-refractivity contribution in [2.24, 2.45) is 0 Å². The molecule has 2 aromatic rings. The second-order valence-corrected chi connectivity index (χ2v) is 7.11. The van der Waals surface area contributed by atoms with Crippen molar-refractivity contribution in [3.63, 3.8) is 0 Å². The molecule has 0 radical (unpaired) electrons. The highest BCUT2D eigenvalue weighted by Gasteiger charge is 2.09. The van der Waals surface area contributed by atoms with E-state index < -0.39 is 0 Å². The molecule has 0 aromatic heterocycles. The molecule has 0 heterocycles. The normalized spacial score (nSPS) is 13.9. The molecular weight excluding hydrogens is 360 g/mol. The highest BCUT2D eigenvalue weighted by molar-refractivity contribution is 5.85. The number of hydrogen-bond donors (Lipinski definition) is 0. The summed E-state index contributed by atoms with van der Waals surface area (Å²) in [5.74, 6) is 0. The summed E-state index contributed by atoms with van der Waals surface area (Å²) in [7, 11) is 2.12. The Bertz CT molecular complexity index is 787. The largest absolute Gasteiger partial charge is 0.298 e. The number of halogens is 1. The zero-order valence-electron chi connectivity index (χ0n) is 15.8. The highest BCUT2D eigenvalue weighted by Crippen LogP contribution is 2.22. The first-order valence-corrected chi connectivity index (χ1v) is 9.32. The van der Waals surface area contributed by atoms with Gasteiger partial charge in [-0.15, -0.1) is 12.4 Å². The summed E-state index contributed by atoms with van der Waals surface area (Å²) in [6.45, 7) is 1.77. The second kappa shape index (κ2) is 10.2. The average Bonchev–Trinajstić information content (AvgIpc) is 2.87. The van der Waals surface area contributed by atoms with E-state index in [2.05, 4.69) is 36.2 Å². The molecule has 0 bridgehead atoms. The molecule has 0 unspecified atom stereocenters. The minimum absolute atomic E-state index is 0. The highest BCUT2D eigenvalue weighted by atomic mass is 35.5. The first-order chi connectivity index (χ1) is 12.6. The van der Waals surface area contributed by atoms with Crippen molar-refractivity contribution in [1.29, 1.82) is 0 Å². The van der Waals surface area contributed by atoms with Crippen LogP contribution in [0.2, 0.25) is 0 Å². The molecule has 0 saturated heterocycles. The number of aryl methyl sites for hydroxylation is 2. The fourth-order valence-electron chi connectivity index (χ4n) is 3.51. The van der Waals surface area contributed by atoms with Gasteiger partial charge in [-0.3, -0.25) is 15.0 Å². The van der Waals surface area contributed by atoms with Crippen molar-refractivity contribution < 1.29 is 4.92 Å². The Hall–Kier alpha value is -2.17. The van der Waals surface area contributed by atoms with E-state index in [1.807, 2.05) is 6.08 Å². The van der Waals surface area contributed by atoms with Crippen LogP contribution in [0.1, 0.15) is 41.5 Å². The number of fused-ring (bicyclic) bond motifs is 1. The fourth-order valence-corrected chi connectivity index (χ4v) is 3.51. The van der Waals surface area contributed by atoms with E-state index in [1.165, 1.54) is 48.8 Å². The van der Waals surface area contributed by atoms with Crippen LogP contribution in [-0.2, 0) is 19.4 Å². The van der Waals surface area contributed by atoms with E-state index in [1.54, 1.807) is 24.3 Å². The molecule has 0 saturated carbocycles. The van der Waals surface area contributed by atoms with Crippen LogP contribution in [0, 0.1) is 10.1 Å². The van der Waals surface area contributed by atoms with Gasteiger partial charge in [-0.25, -0.2) is 0 Å². The van der Waals surface area contributed by atoms with Gasteiger partial charge in [0.2, 0.25) is 0 Å². The molecule has 1 aliphatic carbocycles. The van der Waals surface area contributed by atoms with Crippen LogP contribution in [-0.4, -0.2) is 23.4 Å². The third-order valence-electron chi connectivity index (χ3n) is 4.95. The Morgan fingerprint density at radius 1 is 1.04 bits per heavy atom. The molecule has 0 N–H and O–H groups in total. The van der Waals surface area contributed by atoms with Crippen molar-refractivity contribution in [2.75, 3.05) is 13.6 Å². The third kappa shape index (κ3) is 6.19. The van der Waals surface area contributed by atoms with Gasteiger partial charge in [0, 0.05) is 25.2 Å². The summed E-state index contributed by atoms with van der Waals surface area (Å²) < 4.78 is 0. The van der Waals surface area contributed by atoms with Crippen molar-refractivity contribution in [2.45, 2.75) is 38.6 Å². The number of benzene rings is 2. The van der Waals surface area contributed by atoms with Crippen LogP contribution < -0.4 is 0 Å². The Labute approximate surface area is 167 Å². The fraction of sp³-hybridized carbons (Fsp3) is 0.364. The molecule has 0 amide bonds. The van der Waals surface area contributed by atoms with Crippen LogP contribution in [0.5, 0.6) is 0 Å². The first-order valence-electron chi connectivity index (χ1n) is 9.32. The van der Waals surface area contributed by atoms with Crippen LogP contribution in [0.15, 0.2) is 48.5 Å². The monoisotopic (exact) mass is 386 g/mol. The smallest absolute Gasteiger partial charge is 0.269 e. The minimum Gasteiger partial charge on any atom is -0.298 e. The maximum Gasteiger partial charge on any atom is 0.269 e. The molecule has 144 valence electrons. The minimum atomic E-state index is -0.373. The van der Waals surface area contributed by atoms with Gasteiger partial charge >= 0.3 is 0 Å². The number of rotatable bonds is 6. The standard InChI is InChI=1S/C22H26N2O2.ClH/c1-23(15-5-6-18-10-13-22(14-11-18)24(25)26)17-19-9-12-20-7-3-2-4-8-21(20)16-19;/h5-6,9-14,16H,2-4,7-8,15,17H2,1H3;1H/b6-5+;. The van der Waals surface area contributed by atoms with Gasteiger partial charge in [0.05, 0.1) is 4.92 Å². The summed E-state index contributed by atoms with van der Waals surface area (Å²) in [5, 5.41) is 10.7. The maximum atomic E-state index is 10.7. The predicted octanol–water partition coefficient (Wildman–Crippen LogP) is 5.43. The van der Waals surface area contributed by atoms with Crippen LogP contribution >= 0.6 is 12.4 Å². The van der Waals surface area contributed by atoms with Gasteiger partial charge in [0.1, 0.15) is 0 Å². The molecule has 5 heteroatoms. The molecule has 1 aliphatic rings. The Balaban J connectivity index is 0.00000261. The summed E-state index contributed by atoms with van der Waals surface area (Å²) in [6.07, 6.45) is 10.5. The van der Waals surface area contributed by atoms with E-state index in [0.717, 1.165) is 18.7 Å². The summed E-state index contributed by atoms with van der Waals surface area (Å²) in [5.41, 5.74) is 5.55. The number of hydrogen-bond acceptors (Lipinski definition) is 3. The van der Waals surface area contributed by atoms with E-state index in [-0.39, 0.29) is 23.0 Å². The first kappa shape index (κ1) is 21.1. The molecule has 27 heavy (non-hydrogen) atoms. The molecule has 0 fully saturated rings. The average molecular weight is 387 g/mol. The van der Waals surface area contributed by atoms with Gasteiger partial charge < -0.3 is 0 Å². The van der Waals surface area contributed by atoms with Crippen molar-refractivity contribution in [3.8, 4) is 0 Å². The van der Waals surface area contributed by atoms with E-state index in [0.29, 0.717) is 0 Å². The lowest BCUT2D eigenvalue weighted by Gasteiger charge is -2.16. The lowest BCUT2D eigenvalue weighted by molar-refractivity contribution is -0.384. The van der Waals surface area contributed by atoms with Crippen LogP contribution in [0.3, 0.4) is 0 Å². The number of non-ortho nitro benzene ring substituents is 1. The Kier molecular flexibility index (Phi) is 8.01. The van der Waals surface area contributed by atoms with Gasteiger partial charge in [0.15, 0.2) is 0 Å². The van der Waals surface area contributed by atoms with Gasteiger partial charge in [0.25, 0.3) is 5.69 Å². The lowest BCUT2D eigenvalue weighted by atomic mass is 10.00. The van der Waals surface area contributed by atoms with E-state index >= 15 is 0 Å². The number of likely N-dealkylation sites (N-methyl/N-ethyl adjacent to an activating group) is 1. The van der Waals surface area contributed by atoms with Crippen molar-refractivity contribution in [3.05, 3.63) is 80.9 Å². The third-order valence-corrected chi connectivity index (χ3v) is 4.95. The number of nitro groups is 1. The van der Waals surface area contributed by atoms with Crippen LogP contribution in [0.25, 0.3) is 6.08 Å². The number of nitro benzene ring substituents is 1. The summed E-state index contributed by atoms with van der Waals surface area (Å²) in [6, 6.07) is 13.6. The van der Waals surface area contributed by atoms with E-state index in [4.69, 9.17) is 0 Å². The molecule has 0 aliphatic heterocycles. The topological polar surface area (TPSA) is 46.4 Å². The summed E-state index contributed by atoms with van der Waals surface area (Å²) in [4.78, 5) is 12.6. The SMILES string of the molecule is CN(C/C=C/c1ccc([N+](=O)[O-])cc1)Cc1ccc2c(c1)CCCCC2.Cl. The molecule has 2 aromatic carbocycles. The van der Waals surface area contributed by atoms with E-state index in [9.17, 15) is 10.1 Å².